The van der Waals surface area contributed by atoms with Crippen LogP contribution in [0, 0.1) is 5.92 Å². The van der Waals surface area contributed by atoms with Crippen molar-refractivity contribution in [3.8, 4) is 0 Å². The van der Waals surface area contributed by atoms with E-state index in [0.717, 1.165) is 23.2 Å². The number of benzene rings is 1. The predicted octanol–water partition coefficient (Wildman–Crippen LogP) is 4.08. The molecule has 1 aromatic carbocycles. The number of rotatable bonds is 8. The van der Waals surface area contributed by atoms with Crippen molar-refractivity contribution >= 4 is 40.4 Å². The molecule has 5 rings (SSSR count). The van der Waals surface area contributed by atoms with Gasteiger partial charge in [-0.3, -0.25) is 18.6 Å². The number of nitrogens with one attached hydrogen (secondary N) is 2. The third-order valence-electron chi connectivity index (χ3n) is 7.33. The largest absolute Gasteiger partial charge is 0.444 e. The second-order valence-corrected chi connectivity index (χ2v) is 10.3. The molecule has 2 atom stereocenters. The molecule has 1 saturated heterocycles. The minimum Gasteiger partial charge on any atom is -0.444 e. The van der Waals surface area contributed by atoms with Gasteiger partial charge in [0.15, 0.2) is 18.0 Å². The lowest BCUT2D eigenvalue weighted by molar-refractivity contribution is -0.146. The lowest BCUT2D eigenvalue weighted by Crippen LogP contribution is -2.42. The molecule has 0 saturated carbocycles. The number of anilines is 1. The second-order valence-electron chi connectivity index (χ2n) is 10.3. The molecule has 14 heteroatoms. The van der Waals surface area contributed by atoms with Crippen LogP contribution in [0.3, 0.4) is 0 Å². The molecule has 42 heavy (non-hydrogen) atoms. The van der Waals surface area contributed by atoms with E-state index < -0.39 is 24.7 Å². The first-order valence-electron chi connectivity index (χ1n) is 13.4. The van der Waals surface area contributed by atoms with Gasteiger partial charge in [0.2, 0.25) is 5.91 Å². The number of imidazole rings is 1. The summed E-state index contributed by atoms with van der Waals surface area (Å²) in [6.45, 7) is 2.54. The number of fused-ring (bicyclic) bond motifs is 3. The van der Waals surface area contributed by atoms with Crippen molar-refractivity contribution in [3.63, 3.8) is 0 Å². The summed E-state index contributed by atoms with van der Waals surface area (Å²) in [5.41, 5.74) is 4.06. The topological polar surface area (TPSA) is 123 Å². The van der Waals surface area contributed by atoms with Gasteiger partial charge in [0.25, 0.3) is 0 Å². The molecule has 222 valence electrons. The Balaban J connectivity index is 1.30. The first kappa shape index (κ1) is 28.9. The summed E-state index contributed by atoms with van der Waals surface area (Å²) in [7, 11) is 0. The summed E-state index contributed by atoms with van der Waals surface area (Å²) in [4.78, 5) is 46.6. The number of alkyl halides is 3. The van der Waals surface area contributed by atoms with E-state index >= 15 is 0 Å². The number of urea groups is 1. The molecule has 0 bridgehead atoms. The van der Waals surface area contributed by atoms with Gasteiger partial charge in [-0.15, -0.1) is 0 Å². The maximum Gasteiger partial charge on any atom is 0.405 e. The van der Waals surface area contributed by atoms with Gasteiger partial charge in [-0.25, -0.2) is 14.8 Å². The molecule has 4 aromatic rings. The van der Waals surface area contributed by atoms with Crippen LogP contribution in [0.4, 0.5) is 23.7 Å². The van der Waals surface area contributed by atoms with Crippen LogP contribution in [-0.2, 0) is 27.5 Å². The maximum absolute atomic E-state index is 12.6. The van der Waals surface area contributed by atoms with Gasteiger partial charge in [0, 0.05) is 49.7 Å². The molecule has 0 aliphatic carbocycles. The summed E-state index contributed by atoms with van der Waals surface area (Å²) in [6, 6.07) is 7.99. The molecule has 2 N–H and O–H groups in total. The molecule has 11 nitrogen and oxygen atoms in total. The van der Waals surface area contributed by atoms with Crippen LogP contribution in [0.1, 0.15) is 37.4 Å². The summed E-state index contributed by atoms with van der Waals surface area (Å²) >= 11 is 0. The van der Waals surface area contributed by atoms with Gasteiger partial charge in [0.1, 0.15) is 6.54 Å². The lowest BCUT2D eigenvalue weighted by Gasteiger charge is -2.18. The number of carbonyl (C=O) groups excluding carboxylic acids is 3. The van der Waals surface area contributed by atoms with Crippen molar-refractivity contribution in [2.45, 2.75) is 45.5 Å². The highest BCUT2D eigenvalue weighted by Gasteiger charge is 2.38. The van der Waals surface area contributed by atoms with Crippen LogP contribution in [0.5, 0.6) is 0 Å². The summed E-state index contributed by atoms with van der Waals surface area (Å²) < 4.78 is 47.0. The standard InChI is InChI=1S/C28H30F3N7O4/c1-3-19-13-37(27(41)34-15-28(29,30)31)14-21(19)23-11-32-24-12-33-26-22(38(23)24)8-9-36(26)16-42-25(40)10-18-4-6-20(7-5-18)35-17(2)39/h4-9,11-12,19,21H,3,10,13-16H2,1-2H3,(H,34,41)(H,35,39)/t19-,21+/m1/s1. The molecule has 0 spiro atoms. The van der Waals surface area contributed by atoms with E-state index in [0.29, 0.717) is 23.5 Å². The Labute approximate surface area is 238 Å². The van der Waals surface area contributed by atoms with Crippen molar-refractivity contribution in [1.82, 2.24) is 29.2 Å². The number of ether oxygens (including phenoxy) is 1. The number of hydrogen-bond donors (Lipinski definition) is 2. The van der Waals surface area contributed by atoms with E-state index in [1.165, 1.54) is 11.8 Å². The summed E-state index contributed by atoms with van der Waals surface area (Å²) in [5, 5.41) is 4.63. The maximum atomic E-state index is 12.6. The molecule has 1 fully saturated rings. The fourth-order valence-corrected chi connectivity index (χ4v) is 5.33. The van der Waals surface area contributed by atoms with Crippen LogP contribution < -0.4 is 10.6 Å². The molecule has 3 amide bonds. The molecular weight excluding hydrogens is 555 g/mol. The summed E-state index contributed by atoms with van der Waals surface area (Å²) in [5.74, 6) is -0.739. The normalized spacial score (nSPS) is 17.1. The second kappa shape index (κ2) is 11.7. The number of halogens is 3. The highest BCUT2D eigenvalue weighted by Crippen LogP contribution is 2.36. The lowest BCUT2D eigenvalue weighted by atomic mass is 9.91. The first-order chi connectivity index (χ1) is 20.0. The van der Waals surface area contributed by atoms with E-state index in [-0.39, 0.29) is 37.4 Å². The zero-order valence-electron chi connectivity index (χ0n) is 23.0. The van der Waals surface area contributed by atoms with E-state index in [2.05, 4.69) is 15.3 Å². The molecule has 0 radical (unpaired) electrons. The van der Waals surface area contributed by atoms with Gasteiger partial charge in [-0.05, 0) is 29.7 Å². The summed E-state index contributed by atoms with van der Waals surface area (Å²) in [6.07, 6.45) is 1.36. The number of esters is 1. The van der Waals surface area contributed by atoms with E-state index in [1.807, 2.05) is 22.7 Å². The van der Waals surface area contributed by atoms with Crippen LogP contribution in [0.25, 0.3) is 16.8 Å². The number of hydrogen-bond acceptors (Lipinski definition) is 6. The van der Waals surface area contributed by atoms with Crippen molar-refractivity contribution in [3.05, 3.63) is 60.2 Å². The molecule has 1 aliphatic heterocycles. The highest BCUT2D eigenvalue weighted by molar-refractivity contribution is 5.88. The van der Waals surface area contributed by atoms with Gasteiger partial charge in [0.05, 0.1) is 18.1 Å². The SMILES string of the molecule is CC[C@@H]1CN(C(=O)NCC(F)(F)F)C[C@@H]1c1cnc2cnc3c(ccn3COC(=O)Cc3ccc(NC(C)=O)cc3)n12. The van der Waals surface area contributed by atoms with E-state index in [1.54, 1.807) is 47.4 Å². The third kappa shape index (κ3) is 6.31. The number of likely N-dealkylation sites (tertiary alicyclic amines) is 1. The Bertz CT molecular complexity index is 1610. The Kier molecular flexibility index (Phi) is 8.05. The molecule has 4 heterocycles. The van der Waals surface area contributed by atoms with Gasteiger partial charge < -0.3 is 20.3 Å². The Hall–Kier alpha value is -4.62. The van der Waals surface area contributed by atoms with Gasteiger partial charge in [-0.1, -0.05) is 25.5 Å². The molecule has 1 aliphatic rings. The van der Waals surface area contributed by atoms with Crippen molar-refractivity contribution in [2.75, 3.05) is 25.0 Å². The van der Waals surface area contributed by atoms with Crippen LogP contribution in [0.15, 0.2) is 48.9 Å². The Morgan fingerprint density at radius 2 is 1.83 bits per heavy atom. The number of carbonyl (C=O) groups is 3. The number of amides is 3. The average Bonchev–Trinajstić information content (AvgIpc) is 3.66. The average molecular weight is 586 g/mol. The zero-order valence-corrected chi connectivity index (χ0v) is 23.0. The Morgan fingerprint density at radius 3 is 2.52 bits per heavy atom. The molecule has 0 unspecified atom stereocenters. The third-order valence-corrected chi connectivity index (χ3v) is 7.33. The number of aromatic nitrogens is 4. The quantitative estimate of drug-likeness (QED) is 0.301. The molecular formula is C28H30F3N7O4. The van der Waals surface area contributed by atoms with Crippen LogP contribution in [-0.4, -0.2) is 67.6 Å². The van der Waals surface area contributed by atoms with Crippen LogP contribution >= 0.6 is 0 Å². The van der Waals surface area contributed by atoms with Crippen molar-refractivity contribution < 1.29 is 32.3 Å². The monoisotopic (exact) mass is 585 g/mol. The van der Waals surface area contributed by atoms with Gasteiger partial charge in [-0.2, -0.15) is 13.2 Å². The highest BCUT2D eigenvalue weighted by atomic mass is 19.4. The fraction of sp³-hybridized carbons (Fsp3) is 0.393. The van der Waals surface area contributed by atoms with E-state index in [9.17, 15) is 27.6 Å². The van der Waals surface area contributed by atoms with Crippen molar-refractivity contribution in [2.24, 2.45) is 5.92 Å². The fourth-order valence-electron chi connectivity index (χ4n) is 5.33. The smallest absolute Gasteiger partial charge is 0.405 e. The minimum absolute atomic E-state index is 0.0279. The Morgan fingerprint density at radius 1 is 1.07 bits per heavy atom. The molecule has 3 aromatic heterocycles. The number of nitrogens with zero attached hydrogens (tertiary/aromatic N) is 5. The van der Waals surface area contributed by atoms with Gasteiger partial charge >= 0.3 is 18.2 Å². The van der Waals surface area contributed by atoms with Crippen molar-refractivity contribution in [1.29, 1.82) is 0 Å². The van der Waals surface area contributed by atoms with E-state index in [4.69, 9.17) is 4.74 Å². The minimum atomic E-state index is -4.49. The zero-order chi connectivity index (χ0) is 30.0. The predicted molar refractivity (Wildman–Crippen MR) is 147 cm³/mol. The first-order valence-corrected chi connectivity index (χ1v) is 13.4. The van der Waals surface area contributed by atoms with Crippen LogP contribution in [0.2, 0.25) is 0 Å².